The maximum atomic E-state index is 10.8. The third-order valence-electron chi connectivity index (χ3n) is 2.45. The lowest BCUT2D eigenvalue weighted by Crippen LogP contribution is -2.25. The van der Waals surface area contributed by atoms with Gasteiger partial charge in [-0.2, -0.15) is 0 Å². The van der Waals surface area contributed by atoms with Crippen LogP contribution in [0.2, 0.25) is 0 Å². The third kappa shape index (κ3) is 3.35. The van der Waals surface area contributed by atoms with E-state index >= 15 is 0 Å². The minimum atomic E-state index is -0.446. The van der Waals surface area contributed by atoms with Crippen LogP contribution in [-0.2, 0) is 9.53 Å². The molecule has 0 bridgehead atoms. The smallest absolute Gasteiger partial charge is 0.306 e. The summed E-state index contributed by atoms with van der Waals surface area (Å²) in [5, 5.41) is 9.62. The molecule has 0 aromatic rings. The number of hydrogen-bond acceptors (Lipinski definition) is 3. The van der Waals surface area contributed by atoms with E-state index in [1.54, 1.807) is 0 Å². The van der Waals surface area contributed by atoms with Crippen LogP contribution in [0, 0.1) is 0 Å². The number of rotatable bonds is 5. The molecule has 1 N–H and O–H groups in total. The molecule has 76 valence electrons. The average Bonchev–Trinajstić information content (AvgIpc) is 2.52. The lowest BCUT2D eigenvalue weighted by Gasteiger charge is -2.16. The van der Waals surface area contributed by atoms with Crippen LogP contribution in [0.25, 0.3) is 0 Å². The molecular formula is C10H18O3. The Morgan fingerprint density at radius 1 is 1.62 bits per heavy atom. The monoisotopic (exact) mass is 186 g/mol. The van der Waals surface area contributed by atoms with Gasteiger partial charge in [0.15, 0.2) is 0 Å². The first-order valence-corrected chi connectivity index (χ1v) is 5.11. The number of ether oxygens (including phenoxy) is 1. The predicted octanol–water partition coefficient (Wildman–Crippen LogP) is 1.63. The summed E-state index contributed by atoms with van der Waals surface area (Å²) in [4.78, 5) is 10.8. The highest BCUT2D eigenvalue weighted by Gasteiger charge is 2.29. The van der Waals surface area contributed by atoms with Crippen LogP contribution >= 0.6 is 0 Å². The fourth-order valence-electron chi connectivity index (χ4n) is 1.61. The second-order valence-electron chi connectivity index (χ2n) is 3.63. The van der Waals surface area contributed by atoms with Crippen LogP contribution in [0.3, 0.4) is 0 Å². The number of cyclic esters (lactones) is 1. The van der Waals surface area contributed by atoms with Gasteiger partial charge in [0, 0.05) is 6.42 Å². The molecule has 1 rings (SSSR count). The molecule has 1 aliphatic rings. The Labute approximate surface area is 79.1 Å². The number of esters is 1. The zero-order valence-electron chi connectivity index (χ0n) is 8.16. The van der Waals surface area contributed by atoms with Gasteiger partial charge < -0.3 is 9.84 Å². The van der Waals surface area contributed by atoms with Crippen molar-refractivity contribution >= 4 is 5.97 Å². The molecule has 2 atom stereocenters. The van der Waals surface area contributed by atoms with Crippen molar-refractivity contribution in [3.63, 3.8) is 0 Å². The van der Waals surface area contributed by atoms with E-state index in [4.69, 9.17) is 4.74 Å². The summed E-state index contributed by atoms with van der Waals surface area (Å²) < 4.78 is 4.96. The molecule has 3 heteroatoms. The van der Waals surface area contributed by atoms with Gasteiger partial charge in [-0.15, -0.1) is 0 Å². The third-order valence-corrected chi connectivity index (χ3v) is 2.45. The summed E-state index contributed by atoms with van der Waals surface area (Å²) in [7, 11) is 0. The maximum absolute atomic E-state index is 10.8. The van der Waals surface area contributed by atoms with Gasteiger partial charge in [0.25, 0.3) is 0 Å². The Hall–Kier alpha value is -0.570. The molecule has 1 aliphatic heterocycles. The summed E-state index contributed by atoms with van der Waals surface area (Å²) in [5.41, 5.74) is 0. The molecule has 0 radical (unpaired) electrons. The minimum Gasteiger partial charge on any atom is -0.460 e. The number of aliphatic hydroxyl groups excluding tert-OH is 1. The molecule has 0 spiro atoms. The summed E-state index contributed by atoms with van der Waals surface area (Å²) in [5.74, 6) is -0.167. The summed E-state index contributed by atoms with van der Waals surface area (Å²) in [6, 6.07) is 0. The second kappa shape index (κ2) is 5.22. The number of hydrogen-bond donors (Lipinski definition) is 1. The number of aliphatic hydroxyl groups is 1. The Kier molecular flexibility index (Phi) is 4.22. The van der Waals surface area contributed by atoms with Crippen molar-refractivity contribution in [2.75, 3.05) is 0 Å². The molecule has 0 aromatic carbocycles. The maximum Gasteiger partial charge on any atom is 0.306 e. The highest BCUT2D eigenvalue weighted by molar-refractivity contribution is 5.71. The molecule has 1 saturated heterocycles. The van der Waals surface area contributed by atoms with Crippen molar-refractivity contribution in [2.24, 2.45) is 0 Å². The molecular weight excluding hydrogens is 168 g/mol. The van der Waals surface area contributed by atoms with Crippen LogP contribution in [0.1, 0.15) is 45.4 Å². The first-order chi connectivity index (χ1) is 6.24. The van der Waals surface area contributed by atoms with E-state index in [1.807, 2.05) is 0 Å². The van der Waals surface area contributed by atoms with Crippen LogP contribution < -0.4 is 0 Å². The molecule has 0 amide bonds. The fraction of sp³-hybridized carbons (Fsp3) is 0.900. The molecule has 1 heterocycles. The molecule has 0 aromatic heterocycles. The lowest BCUT2D eigenvalue weighted by atomic mass is 10.0. The minimum absolute atomic E-state index is 0.167. The summed E-state index contributed by atoms with van der Waals surface area (Å²) in [6.45, 7) is 2.13. The van der Waals surface area contributed by atoms with Gasteiger partial charge in [0.2, 0.25) is 0 Å². The van der Waals surface area contributed by atoms with Gasteiger partial charge in [-0.3, -0.25) is 4.79 Å². The van der Waals surface area contributed by atoms with Gasteiger partial charge in [-0.25, -0.2) is 0 Å². The van der Waals surface area contributed by atoms with Crippen molar-refractivity contribution < 1.29 is 14.6 Å². The Balaban J connectivity index is 2.15. The Morgan fingerprint density at radius 2 is 2.38 bits per heavy atom. The molecule has 0 unspecified atom stereocenters. The van der Waals surface area contributed by atoms with E-state index < -0.39 is 6.10 Å². The highest BCUT2D eigenvalue weighted by Crippen LogP contribution is 2.20. The van der Waals surface area contributed by atoms with Crippen molar-refractivity contribution in [1.82, 2.24) is 0 Å². The normalized spacial score (nSPS) is 24.5. The van der Waals surface area contributed by atoms with Crippen LogP contribution in [-0.4, -0.2) is 23.3 Å². The molecule has 3 nitrogen and oxygen atoms in total. The van der Waals surface area contributed by atoms with Gasteiger partial charge in [-0.1, -0.05) is 26.2 Å². The number of carbonyl (C=O) groups excluding carboxylic acids is 1. The zero-order chi connectivity index (χ0) is 9.68. The topological polar surface area (TPSA) is 46.5 Å². The molecule has 1 fully saturated rings. The molecule has 0 aliphatic carbocycles. The fourth-order valence-corrected chi connectivity index (χ4v) is 1.61. The zero-order valence-corrected chi connectivity index (χ0v) is 8.16. The van der Waals surface area contributed by atoms with Gasteiger partial charge in [-0.05, 0) is 12.8 Å². The van der Waals surface area contributed by atoms with Crippen molar-refractivity contribution in [3.8, 4) is 0 Å². The lowest BCUT2D eigenvalue weighted by molar-refractivity contribution is -0.145. The standard InChI is InChI=1S/C10H18O3/c1-2-3-4-5-8(11)9-6-7-10(12)13-9/h8-9,11H,2-7H2,1H3/t8-,9+/m1/s1. The van der Waals surface area contributed by atoms with Crippen molar-refractivity contribution in [1.29, 1.82) is 0 Å². The van der Waals surface area contributed by atoms with E-state index in [0.29, 0.717) is 12.8 Å². The largest absolute Gasteiger partial charge is 0.460 e. The first kappa shape index (κ1) is 10.5. The van der Waals surface area contributed by atoms with Crippen LogP contribution in [0.4, 0.5) is 0 Å². The van der Waals surface area contributed by atoms with E-state index in [1.165, 1.54) is 0 Å². The Morgan fingerprint density at radius 3 is 2.92 bits per heavy atom. The first-order valence-electron chi connectivity index (χ1n) is 5.11. The van der Waals surface area contributed by atoms with E-state index in [9.17, 15) is 9.90 Å². The van der Waals surface area contributed by atoms with E-state index in [-0.39, 0.29) is 12.1 Å². The number of unbranched alkanes of at least 4 members (excludes halogenated alkanes) is 2. The SMILES string of the molecule is CCCCC[C@@H](O)[C@@H]1CCC(=O)O1. The number of carbonyl (C=O) groups is 1. The van der Waals surface area contributed by atoms with E-state index in [0.717, 1.165) is 25.7 Å². The summed E-state index contributed by atoms with van der Waals surface area (Å²) in [6.07, 6.45) is 4.54. The van der Waals surface area contributed by atoms with Gasteiger partial charge in [0.1, 0.15) is 6.10 Å². The Bertz CT molecular complexity index is 168. The van der Waals surface area contributed by atoms with E-state index in [2.05, 4.69) is 6.92 Å². The van der Waals surface area contributed by atoms with Gasteiger partial charge >= 0.3 is 5.97 Å². The van der Waals surface area contributed by atoms with Crippen molar-refractivity contribution in [3.05, 3.63) is 0 Å². The van der Waals surface area contributed by atoms with Gasteiger partial charge in [0.05, 0.1) is 6.10 Å². The predicted molar refractivity (Wildman–Crippen MR) is 49.3 cm³/mol. The highest BCUT2D eigenvalue weighted by atomic mass is 16.6. The van der Waals surface area contributed by atoms with Crippen LogP contribution in [0.15, 0.2) is 0 Å². The van der Waals surface area contributed by atoms with Crippen LogP contribution in [0.5, 0.6) is 0 Å². The molecule has 0 saturated carbocycles. The summed E-state index contributed by atoms with van der Waals surface area (Å²) >= 11 is 0. The average molecular weight is 186 g/mol. The second-order valence-corrected chi connectivity index (χ2v) is 3.63. The molecule has 13 heavy (non-hydrogen) atoms. The van der Waals surface area contributed by atoms with Crippen molar-refractivity contribution in [2.45, 2.75) is 57.7 Å². The quantitative estimate of drug-likeness (QED) is 0.524.